The number of nitrogens with zero attached hydrogens (tertiary/aromatic N) is 1. The number of rotatable bonds is 3. The lowest BCUT2D eigenvalue weighted by atomic mass is 10.2. The molecule has 1 aromatic rings. The van der Waals surface area contributed by atoms with Gasteiger partial charge in [0, 0.05) is 0 Å². The summed E-state index contributed by atoms with van der Waals surface area (Å²) in [6.07, 6.45) is 0.293. The number of hydrogen-bond acceptors (Lipinski definition) is 5. The Bertz CT molecular complexity index is 671. The second-order valence-electron chi connectivity index (χ2n) is 4.08. The lowest BCUT2D eigenvalue weighted by Crippen LogP contribution is -2.59. The van der Waals surface area contributed by atoms with Gasteiger partial charge in [0.2, 0.25) is 21.8 Å². The number of nitrogens with one attached hydrogen (secondary N) is 1. The molecule has 110 valence electrons. The second kappa shape index (κ2) is 5.84. The lowest BCUT2D eigenvalue weighted by Gasteiger charge is -2.32. The molecule has 6 nitrogen and oxygen atoms in total. The standard InChI is InChI=1S/C10H10Br2N2O4S2/c1-2-5-10(16)13-8(15)4-14(5)20(17,18)6-3-7(11)19-9(6)12/h3,5H,2,4H2,1H3,(H,13,15,16). The number of sulfonamides is 1. The fourth-order valence-electron chi connectivity index (χ4n) is 1.91. The van der Waals surface area contributed by atoms with Crippen molar-refractivity contribution in [3.8, 4) is 0 Å². The molecule has 1 atom stereocenters. The number of piperazine rings is 1. The smallest absolute Gasteiger partial charge is 0.246 e. The Hall–Kier alpha value is -0.290. The highest BCUT2D eigenvalue weighted by Crippen LogP contribution is 2.37. The molecule has 1 aliphatic heterocycles. The maximum absolute atomic E-state index is 12.6. The number of amides is 2. The third-order valence-electron chi connectivity index (χ3n) is 2.81. The number of carbonyl (C=O) groups is 2. The molecule has 2 heterocycles. The SMILES string of the molecule is CCC1C(=O)NC(=O)CN1S(=O)(=O)c1cc(Br)sc1Br. The van der Waals surface area contributed by atoms with E-state index in [1.54, 1.807) is 6.92 Å². The summed E-state index contributed by atoms with van der Waals surface area (Å²) in [4.78, 5) is 23.3. The van der Waals surface area contributed by atoms with Crippen LogP contribution < -0.4 is 5.32 Å². The van der Waals surface area contributed by atoms with Crippen LogP contribution in [0, 0.1) is 0 Å². The van der Waals surface area contributed by atoms with Crippen molar-refractivity contribution in [1.29, 1.82) is 0 Å². The molecular weight excluding hydrogens is 436 g/mol. The number of thiophene rings is 1. The fraction of sp³-hybridized carbons (Fsp3) is 0.400. The van der Waals surface area contributed by atoms with Crippen molar-refractivity contribution in [2.45, 2.75) is 24.3 Å². The van der Waals surface area contributed by atoms with Crippen LogP contribution in [0.15, 0.2) is 18.5 Å². The quantitative estimate of drug-likeness (QED) is 0.717. The average molecular weight is 446 g/mol. The Kier molecular flexibility index (Phi) is 4.69. The van der Waals surface area contributed by atoms with Gasteiger partial charge in [0.15, 0.2) is 0 Å². The molecule has 1 aliphatic rings. The summed E-state index contributed by atoms with van der Waals surface area (Å²) < 4.78 is 27.3. The van der Waals surface area contributed by atoms with Crippen LogP contribution in [-0.4, -0.2) is 37.1 Å². The molecule has 1 fully saturated rings. The van der Waals surface area contributed by atoms with E-state index in [1.807, 2.05) is 0 Å². The Labute approximate surface area is 136 Å². The van der Waals surface area contributed by atoms with E-state index in [0.717, 1.165) is 4.31 Å². The van der Waals surface area contributed by atoms with Crippen molar-refractivity contribution in [1.82, 2.24) is 9.62 Å². The minimum absolute atomic E-state index is 0.0512. The summed E-state index contributed by atoms with van der Waals surface area (Å²) in [5, 5.41) is 2.15. The summed E-state index contributed by atoms with van der Waals surface area (Å²) in [5.74, 6) is -1.20. The van der Waals surface area contributed by atoms with E-state index in [4.69, 9.17) is 0 Å². The molecule has 0 saturated carbocycles. The normalized spacial score (nSPS) is 21.1. The van der Waals surface area contributed by atoms with Crippen molar-refractivity contribution < 1.29 is 18.0 Å². The lowest BCUT2D eigenvalue weighted by molar-refractivity contribution is -0.137. The van der Waals surface area contributed by atoms with Crippen LogP contribution in [0.1, 0.15) is 13.3 Å². The molecule has 0 aromatic carbocycles. The van der Waals surface area contributed by atoms with Crippen molar-refractivity contribution in [3.05, 3.63) is 13.6 Å². The van der Waals surface area contributed by atoms with Crippen LogP contribution in [-0.2, 0) is 19.6 Å². The molecule has 0 spiro atoms. The van der Waals surface area contributed by atoms with Gasteiger partial charge >= 0.3 is 0 Å². The highest BCUT2D eigenvalue weighted by atomic mass is 79.9. The molecule has 10 heteroatoms. The zero-order valence-corrected chi connectivity index (χ0v) is 15.0. The Morgan fingerprint density at radius 1 is 1.45 bits per heavy atom. The van der Waals surface area contributed by atoms with Gasteiger partial charge < -0.3 is 0 Å². The van der Waals surface area contributed by atoms with Crippen LogP contribution in [0.2, 0.25) is 0 Å². The second-order valence-corrected chi connectivity index (χ2v) is 9.68. The van der Waals surface area contributed by atoms with Gasteiger partial charge in [-0.3, -0.25) is 14.9 Å². The Morgan fingerprint density at radius 2 is 2.10 bits per heavy atom. The number of carbonyl (C=O) groups excluding carboxylic acids is 2. The molecule has 1 aromatic heterocycles. The zero-order chi connectivity index (χ0) is 15.1. The first-order valence-corrected chi connectivity index (χ1v) is 9.42. The third kappa shape index (κ3) is 2.84. The third-order valence-corrected chi connectivity index (χ3v) is 7.42. The van der Waals surface area contributed by atoms with Crippen LogP contribution in [0.3, 0.4) is 0 Å². The van der Waals surface area contributed by atoms with E-state index in [9.17, 15) is 18.0 Å². The highest BCUT2D eigenvalue weighted by molar-refractivity contribution is 9.12. The molecule has 2 amide bonds. The first-order valence-electron chi connectivity index (χ1n) is 5.57. The van der Waals surface area contributed by atoms with Gasteiger partial charge in [-0.1, -0.05) is 6.92 Å². The van der Waals surface area contributed by atoms with E-state index < -0.39 is 27.9 Å². The van der Waals surface area contributed by atoms with Gasteiger partial charge in [0.1, 0.15) is 10.9 Å². The van der Waals surface area contributed by atoms with Crippen molar-refractivity contribution in [2.24, 2.45) is 0 Å². The summed E-state index contributed by atoms with van der Waals surface area (Å²) in [5.41, 5.74) is 0. The van der Waals surface area contributed by atoms with Gasteiger partial charge in [-0.15, -0.1) is 11.3 Å². The molecule has 1 saturated heterocycles. The van der Waals surface area contributed by atoms with Crippen molar-refractivity contribution in [3.63, 3.8) is 0 Å². The predicted octanol–water partition coefficient (Wildman–Crippen LogP) is 1.70. The van der Waals surface area contributed by atoms with Crippen molar-refractivity contribution >= 4 is 65.0 Å². The first-order chi connectivity index (χ1) is 9.27. The van der Waals surface area contributed by atoms with Crippen LogP contribution >= 0.6 is 43.2 Å². The zero-order valence-electron chi connectivity index (χ0n) is 10.2. The monoisotopic (exact) mass is 444 g/mol. The fourth-order valence-corrected chi connectivity index (χ4v) is 7.29. The van der Waals surface area contributed by atoms with Crippen LogP contribution in [0.25, 0.3) is 0 Å². The minimum Gasteiger partial charge on any atom is -0.294 e. The van der Waals surface area contributed by atoms with E-state index in [-0.39, 0.29) is 11.4 Å². The maximum Gasteiger partial charge on any atom is 0.246 e. The molecular formula is C10H10Br2N2O4S2. The number of imide groups is 1. The highest BCUT2D eigenvalue weighted by Gasteiger charge is 2.41. The molecule has 1 N–H and O–H groups in total. The summed E-state index contributed by atoms with van der Waals surface area (Å²) >= 11 is 7.62. The van der Waals surface area contributed by atoms with E-state index in [2.05, 4.69) is 37.2 Å². The maximum atomic E-state index is 12.6. The molecule has 1 unspecified atom stereocenters. The molecule has 20 heavy (non-hydrogen) atoms. The topological polar surface area (TPSA) is 83.6 Å². The van der Waals surface area contributed by atoms with Crippen molar-refractivity contribution in [2.75, 3.05) is 6.54 Å². The molecule has 2 rings (SSSR count). The van der Waals surface area contributed by atoms with Gasteiger partial charge in [-0.25, -0.2) is 8.42 Å². The summed E-state index contributed by atoms with van der Waals surface area (Å²) in [6.45, 7) is 1.34. The largest absolute Gasteiger partial charge is 0.294 e. The average Bonchev–Trinajstić information content (AvgIpc) is 2.68. The molecule has 0 radical (unpaired) electrons. The first kappa shape index (κ1) is 16.1. The van der Waals surface area contributed by atoms with Gasteiger partial charge in [-0.2, -0.15) is 4.31 Å². The molecule has 0 aliphatic carbocycles. The summed E-state index contributed by atoms with van der Waals surface area (Å²) in [7, 11) is -3.91. The van der Waals surface area contributed by atoms with E-state index in [1.165, 1.54) is 17.4 Å². The predicted molar refractivity (Wildman–Crippen MR) is 80.8 cm³/mol. The summed E-state index contributed by atoms with van der Waals surface area (Å²) in [6, 6.07) is 0.580. The van der Waals surface area contributed by atoms with E-state index in [0.29, 0.717) is 14.0 Å². The Balaban J connectivity index is 2.49. The van der Waals surface area contributed by atoms with Gasteiger partial charge in [0.05, 0.1) is 14.1 Å². The number of hydrogen-bond donors (Lipinski definition) is 1. The van der Waals surface area contributed by atoms with Gasteiger partial charge in [0.25, 0.3) is 0 Å². The molecule has 0 bridgehead atoms. The Morgan fingerprint density at radius 3 is 2.60 bits per heavy atom. The minimum atomic E-state index is -3.91. The van der Waals surface area contributed by atoms with Crippen LogP contribution in [0.4, 0.5) is 0 Å². The number of halogens is 2. The van der Waals surface area contributed by atoms with Gasteiger partial charge in [-0.05, 0) is 44.3 Å². The van der Waals surface area contributed by atoms with Crippen LogP contribution in [0.5, 0.6) is 0 Å². The van der Waals surface area contributed by atoms with E-state index >= 15 is 0 Å².